The third kappa shape index (κ3) is 4.34. The minimum absolute atomic E-state index is 0.658. The van der Waals surface area contributed by atoms with Crippen LogP contribution in [0.2, 0.25) is 0 Å². The Morgan fingerprint density at radius 3 is 2.79 bits per heavy atom. The first-order valence-electron chi connectivity index (χ1n) is 10.1. The van der Waals surface area contributed by atoms with E-state index in [0.717, 1.165) is 68.5 Å². The quantitative estimate of drug-likeness (QED) is 0.676. The predicted molar refractivity (Wildman–Crippen MR) is 111 cm³/mol. The molecule has 3 heterocycles. The molecule has 6 heteroatoms. The molecule has 0 spiro atoms. The second-order valence-corrected chi connectivity index (χ2v) is 7.40. The summed E-state index contributed by atoms with van der Waals surface area (Å²) in [6.07, 6.45) is 2.03. The van der Waals surface area contributed by atoms with Crippen molar-refractivity contribution >= 4 is 16.7 Å². The number of aromatic nitrogens is 2. The van der Waals surface area contributed by atoms with Gasteiger partial charge >= 0.3 is 0 Å². The van der Waals surface area contributed by atoms with E-state index in [9.17, 15) is 0 Å². The van der Waals surface area contributed by atoms with Crippen LogP contribution in [0.1, 0.15) is 35.9 Å². The Morgan fingerprint density at radius 1 is 1.11 bits per heavy atom. The van der Waals surface area contributed by atoms with Crippen LogP contribution in [-0.4, -0.2) is 36.4 Å². The Balaban J connectivity index is 1.54. The number of rotatable bonds is 7. The SMILES string of the molecule is CCCc1cc(CNCc2cc3ccc(C)cc3nc2N2CCOCC2)on1. The Labute approximate surface area is 165 Å². The Morgan fingerprint density at radius 2 is 1.96 bits per heavy atom. The summed E-state index contributed by atoms with van der Waals surface area (Å²) < 4.78 is 11.0. The van der Waals surface area contributed by atoms with Crippen LogP contribution in [-0.2, 0) is 24.2 Å². The van der Waals surface area contributed by atoms with Gasteiger partial charge in [-0.1, -0.05) is 30.6 Å². The normalized spacial score (nSPS) is 14.7. The van der Waals surface area contributed by atoms with Crippen LogP contribution in [0, 0.1) is 6.92 Å². The van der Waals surface area contributed by atoms with Crippen molar-refractivity contribution in [2.75, 3.05) is 31.2 Å². The van der Waals surface area contributed by atoms with E-state index >= 15 is 0 Å². The summed E-state index contributed by atoms with van der Waals surface area (Å²) in [4.78, 5) is 7.34. The Kier molecular flexibility index (Phi) is 5.88. The minimum atomic E-state index is 0.658. The van der Waals surface area contributed by atoms with E-state index in [-0.39, 0.29) is 0 Å². The van der Waals surface area contributed by atoms with Crippen LogP contribution in [0.5, 0.6) is 0 Å². The maximum absolute atomic E-state index is 5.52. The van der Waals surface area contributed by atoms with Gasteiger partial charge < -0.3 is 19.5 Å². The van der Waals surface area contributed by atoms with Crippen molar-refractivity contribution in [2.24, 2.45) is 0 Å². The lowest BCUT2D eigenvalue weighted by Gasteiger charge is -2.30. The van der Waals surface area contributed by atoms with Crippen molar-refractivity contribution in [3.63, 3.8) is 0 Å². The molecular weight excluding hydrogens is 352 g/mol. The standard InChI is InChI=1S/C22H28N4O2/c1-3-4-19-13-20(28-25-19)15-23-14-18-12-17-6-5-16(2)11-21(17)24-22(18)26-7-9-27-10-8-26/h5-6,11-13,23H,3-4,7-10,14-15H2,1-2H3. The lowest BCUT2D eigenvalue weighted by Crippen LogP contribution is -2.37. The highest BCUT2D eigenvalue weighted by molar-refractivity contribution is 5.82. The van der Waals surface area contributed by atoms with Gasteiger partial charge in [-0.2, -0.15) is 0 Å². The summed E-state index contributed by atoms with van der Waals surface area (Å²) in [6.45, 7) is 8.89. The van der Waals surface area contributed by atoms with Crippen molar-refractivity contribution < 1.29 is 9.26 Å². The molecule has 0 saturated carbocycles. The fourth-order valence-corrected chi connectivity index (χ4v) is 3.62. The van der Waals surface area contributed by atoms with Crippen LogP contribution in [0.15, 0.2) is 34.9 Å². The highest BCUT2D eigenvalue weighted by Crippen LogP contribution is 2.25. The first-order valence-corrected chi connectivity index (χ1v) is 10.1. The molecule has 0 aliphatic carbocycles. The smallest absolute Gasteiger partial charge is 0.150 e. The maximum Gasteiger partial charge on any atom is 0.150 e. The van der Waals surface area contributed by atoms with E-state index in [1.54, 1.807) is 0 Å². The molecule has 1 aromatic carbocycles. The van der Waals surface area contributed by atoms with Crippen LogP contribution in [0.4, 0.5) is 5.82 Å². The number of ether oxygens (including phenoxy) is 1. The molecule has 6 nitrogen and oxygen atoms in total. The molecule has 148 valence electrons. The van der Waals surface area contributed by atoms with Gasteiger partial charge in [-0.05, 0) is 31.0 Å². The van der Waals surface area contributed by atoms with Crippen molar-refractivity contribution in [1.29, 1.82) is 0 Å². The zero-order valence-electron chi connectivity index (χ0n) is 16.7. The highest BCUT2D eigenvalue weighted by Gasteiger charge is 2.17. The van der Waals surface area contributed by atoms with Gasteiger partial charge in [0.2, 0.25) is 0 Å². The first-order chi connectivity index (χ1) is 13.7. The number of benzene rings is 1. The van der Waals surface area contributed by atoms with E-state index in [1.165, 1.54) is 16.5 Å². The van der Waals surface area contributed by atoms with Gasteiger partial charge in [0.15, 0.2) is 5.76 Å². The van der Waals surface area contributed by atoms with Gasteiger partial charge in [0.05, 0.1) is 31.0 Å². The number of nitrogens with zero attached hydrogens (tertiary/aromatic N) is 3. The van der Waals surface area contributed by atoms with Gasteiger partial charge in [-0.15, -0.1) is 0 Å². The van der Waals surface area contributed by atoms with Gasteiger partial charge in [0.25, 0.3) is 0 Å². The first kappa shape index (κ1) is 18.9. The molecule has 0 amide bonds. The monoisotopic (exact) mass is 380 g/mol. The molecule has 2 aromatic heterocycles. The van der Waals surface area contributed by atoms with Crippen molar-refractivity contribution in [3.8, 4) is 0 Å². The molecule has 28 heavy (non-hydrogen) atoms. The summed E-state index contributed by atoms with van der Waals surface area (Å²) in [6, 6.07) is 10.7. The number of anilines is 1. The molecule has 1 N–H and O–H groups in total. The maximum atomic E-state index is 5.52. The van der Waals surface area contributed by atoms with Gasteiger partial charge in [0.1, 0.15) is 5.82 Å². The van der Waals surface area contributed by atoms with E-state index in [2.05, 4.69) is 53.5 Å². The second kappa shape index (κ2) is 8.71. The molecule has 0 bridgehead atoms. The van der Waals surface area contributed by atoms with Gasteiger partial charge in [0, 0.05) is 36.7 Å². The summed E-state index contributed by atoms with van der Waals surface area (Å²) >= 11 is 0. The molecule has 1 fully saturated rings. The number of fused-ring (bicyclic) bond motifs is 1. The Bertz CT molecular complexity index is 931. The average molecular weight is 380 g/mol. The highest BCUT2D eigenvalue weighted by atomic mass is 16.5. The number of morpholine rings is 1. The molecule has 0 radical (unpaired) electrons. The molecule has 1 aliphatic rings. The second-order valence-electron chi connectivity index (χ2n) is 7.40. The number of nitrogens with one attached hydrogen (secondary N) is 1. The number of hydrogen-bond acceptors (Lipinski definition) is 6. The molecule has 4 rings (SSSR count). The number of aryl methyl sites for hydroxylation is 2. The number of hydrogen-bond donors (Lipinski definition) is 1. The summed E-state index contributed by atoms with van der Waals surface area (Å²) in [7, 11) is 0. The van der Waals surface area contributed by atoms with Gasteiger partial charge in [-0.25, -0.2) is 4.98 Å². The van der Waals surface area contributed by atoms with Crippen molar-refractivity contribution in [2.45, 2.75) is 39.8 Å². The van der Waals surface area contributed by atoms with Crippen LogP contribution in [0.25, 0.3) is 10.9 Å². The van der Waals surface area contributed by atoms with Crippen LogP contribution < -0.4 is 10.2 Å². The summed E-state index contributed by atoms with van der Waals surface area (Å²) in [5.41, 5.74) is 4.50. The van der Waals surface area contributed by atoms with Crippen molar-refractivity contribution in [1.82, 2.24) is 15.5 Å². The predicted octanol–water partition coefficient (Wildman–Crippen LogP) is 3.61. The summed E-state index contributed by atoms with van der Waals surface area (Å²) in [5, 5.41) is 8.79. The molecular formula is C22H28N4O2. The van der Waals surface area contributed by atoms with Crippen LogP contribution >= 0.6 is 0 Å². The fraction of sp³-hybridized carbons (Fsp3) is 0.455. The topological polar surface area (TPSA) is 63.4 Å². The van der Waals surface area contributed by atoms with E-state index < -0.39 is 0 Å². The average Bonchev–Trinajstić information content (AvgIpc) is 3.16. The largest absolute Gasteiger partial charge is 0.378 e. The summed E-state index contributed by atoms with van der Waals surface area (Å²) in [5.74, 6) is 1.93. The Hall–Kier alpha value is -2.44. The lowest BCUT2D eigenvalue weighted by atomic mass is 10.1. The zero-order chi connectivity index (χ0) is 19.3. The van der Waals surface area contributed by atoms with Crippen molar-refractivity contribution in [3.05, 3.63) is 52.9 Å². The molecule has 0 atom stereocenters. The van der Waals surface area contributed by atoms with E-state index in [4.69, 9.17) is 14.2 Å². The number of pyridine rings is 1. The van der Waals surface area contributed by atoms with Gasteiger partial charge in [-0.3, -0.25) is 0 Å². The molecule has 0 unspecified atom stereocenters. The minimum Gasteiger partial charge on any atom is -0.378 e. The molecule has 1 saturated heterocycles. The molecule has 3 aromatic rings. The van der Waals surface area contributed by atoms with E-state index in [0.29, 0.717) is 6.54 Å². The van der Waals surface area contributed by atoms with E-state index in [1.807, 2.05) is 6.07 Å². The third-order valence-electron chi connectivity index (χ3n) is 5.07. The third-order valence-corrected chi connectivity index (χ3v) is 5.07. The molecule has 1 aliphatic heterocycles. The zero-order valence-corrected chi connectivity index (χ0v) is 16.7. The fourth-order valence-electron chi connectivity index (χ4n) is 3.62. The lowest BCUT2D eigenvalue weighted by molar-refractivity contribution is 0.122. The van der Waals surface area contributed by atoms with Crippen LogP contribution in [0.3, 0.4) is 0 Å².